The minimum absolute atomic E-state index is 0.554. The van der Waals surface area contributed by atoms with E-state index < -0.39 is 0 Å². The number of benzene rings is 14. The van der Waals surface area contributed by atoms with Gasteiger partial charge in [-0.25, -0.2) is 15.0 Å². The molecule has 0 aliphatic carbocycles. The van der Waals surface area contributed by atoms with E-state index in [-0.39, 0.29) is 0 Å². The smallest absolute Gasteiger partial charge is 0.227 e. The van der Waals surface area contributed by atoms with Crippen molar-refractivity contribution in [2.75, 3.05) is 0 Å². The van der Waals surface area contributed by atoms with Crippen LogP contribution in [0.15, 0.2) is 467 Å². The SMILES string of the molecule is c1ccc2ncc(-c3cc(-c4cc(-c5cnc6ccccc6c5)cc(-c5nc6ccccc6s5)c4)cc(-c4cnc5ccccc5c4)c3)cc2c1.c1ccc2ncc(-c3cc(-c4cnc5ccccc5c4)cc(-c4nc5ccccc5s4)c3)cc2c1.c1cncc(-c2cc(-c3cccnc3)cc(-c3ccc(-c4cc(-c5cccnc5)cc(-c5cccnc5)c4)c(-c4nc5ccccc5o4)c3)c2)c1. The molecule has 0 saturated heterocycles. The lowest BCUT2D eigenvalue weighted by molar-refractivity contribution is 0.620. The number of fused-ring (bicyclic) bond motifs is 8. The Bertz CT molecular complexity index is 8670. The molecule has 14 aromatic carbocycles. The zero-order chi connectivity index (χ0) is 90.9. The second-order valence-corrected chi connectivity index (χ2v) is 35.8. The van der Waals surface area contributed by atoms with Crippen LogP contribution in [0.5, 0.6) is 0 Å². The molecule has 0 saturated carbocycles. The maximum Gasteiger partial charge on any atom is 0.227 e. The highest BCUT2D eigenvalue weighted by Crippen LogP contribution is 2.46. The van der Waals surface area contributed by atoms with Crippen LogP contribution in [0.2, 0.25) is 0 Å². The summed E-state index contributed by atoms with van der Waals surface area (Å²) >= 11 is 3.44. The molecule has 0 unspecified atom stereocenters. The molecule has 0 atom stereocenters. The predicted octanol–water partition coefficient (Wildman–Crippen LogP) is 31.7. The summed E-state index contributed by atoms with van der Waals surface area (Å²) in [5, 5.41) is 7.59. The summed E-state index contributed by atoms with van der Waals surface area (Å²) in [5.41, 5.74) is 37.1. The quantitative estimate of drug-likeness (QED) is 0.0952. The Morgan fingerprint density at radius 2 is 0.438 bits per heavy atom. The fourth-order valence-corrected chi connectivity index (χ4v) is 19.9. The fourth-order valence-electron chi connectivity index (χ4n) is 18.0. The zero-order valence-electron chi connectivity index (χ0n) is 73.5. The predicted molar refractivity (Wildman–Crippen MR) is 562 cm³/mol. The molecule has 137 heavy (non-hydrogen) atoms. The maximum atomic E-state index is 6.48. The van der Waals surface area contributed by atoms with E-state index in [0.29, 0.717) is 5.89 Å². The average molecular weight is 1790 g/mol. The molecule has 0 spiro atoms. The van der Waals surface area contributed by atoms with Gasteiger partial charge in [0.1, 0.15) is 15.5 Å². The molecule has 0 aliphatic heterocycles. The van der Waals surface area contributed by atoms with Gasteiger partial charge in [-0.15, -0.1) is 22.7 Å². The lowest BCUT2D eigenvalue weighted by Crippen LogP contribution is -1.92. The highest BCUT2D eigenvalue weighted by atomic mass is 32.1. The van der Waals surface area contributed by atoms with Crippen molar-refractivity contribution in [2.45, 2.75) is 0 Å². The van der Waals surface area contributed by atoms with Crippen LogP contribution in [0.3, 0.4) is 0 Å². The maximum absolute atomic E-state index is 6.48. The van der Waals surface area contributed by atoms with Crippen LogP contribution >= 0.6 is 22.7 Å². The second kappa shape index (κ2) is 36.3. The Balaban J connectivity index is 0.000000114. The van der Waals surface area contributed by atoms with E-state index >= 15 is 0 Å². The zero-order valence-corrected chi connectivity index (χ0v) is 75.1. The van der Waals surface area contributed by atoms with E-state index in [0.717, 1.165) is 237 Å². The molecular weight excluding hydrogens is 1710 g/mol. The molecule has 0 amide bonds. The minimum atomic E-state index is 0.554. The first-order valence-corrected chi connectivity index (χ1v) is 46.7. The number of pyridine rings is 9. The number of hydrogen-bond acceptors (Lipinski definition) is 15. The summed E-state index contributed by atoms with van der Waals surface area (Å²) in [6.45, 7) is 0. The van der Waals surface area contributed by atoms with Crippen LogP contribution in [0, 0.1) is 0 Å². The molecule has 13 nitrogen and oxygen atoms in total. The van der Waals surface area contributed by atoms with Gasteiger partial charge >= 0.3 is 0 Å². The monoisotopic (exact) mass is 1790 g/mol. The van der Waals surface area contributed by atoms with Gasteiger partial charge in [0.25, 0.3) is 0 Å². The number of aromatic nitrogens is 12. The van der Waals surface area contributed by atoms with E-state index in [2.05, 4.69) is 299 Å². The number of oxazole rings is 1. The molecule has 0 bridgehead atoms. The molecule has 0 radical (unpaired) electrons. The topological polar surface area (TPSA) is 168 Å². The molecule has 0 N–H and O–H groups in total. The van der Waals surface area contributed by atoms with Gasteiger partial charge in [-0.2, -0.15) is 0 Å². The summed E-state index contributed by atoms with van der Waals surface area (Å²) in [5.74, 6) is 0.554. The van der Waals surface area contributed by atoms with Crippen LogP contribution < -0.4 is 0 Å². The lowest BCUT2D eigenvalue weighted by Gasteiger charge is -2.15. The third kappa shape index (κ3) is 17.2. The lowest BCUT2D eigenvalue weighted by atomic mass is 9.89. The molecule has 0 fully saturated rings. The Morgan fingerprint density at radius 3 is 0.752 bits per heavy atom. The highest BCUT2D eigenvalue weighted by molar-refractivity contribution is 7.22. The van der Waals surface area contributed by atoms with Gasteiger partial charge in [0.15, 0.2) is 5.58 Å². The molecule has 12 heterocycles. The second-order valence-electron chi connectivity index (χ2n) is 33.8. The van der Waals surface area contributed by atoms with E-state index in [9.17, 15) is 0 Å². The van der Waals surface area contributed by atoms with E-state index in [1.54, 1.807) is 47.5 Å². The molecule has 0 aliphatic rings. The van der Waals surface area contributed by atoms with E-state index in [4.69, 9.17) is 44.3 Å². The van der Waals surface area contributed by atoms with Gasteiger partial charge in [0, 0.05) is 174 Å². The number of rotatable bonds is 15. The van der Waals surface area contributed by atoms with Crippen molar-refractivity contribution in [3.8, 4) is 166 Å². The van der Waals surface area contributed by atoms with Gasteiger partial charge in [-0.3, -0.25) is 44.9 Å². The molecule has 642 valence electrons. The van der Waals surface area contributed by atoms with Gasteiger partial charge in [0.05, 0.1) is 48.0 Å². The average Bonchev–Trinajstić information content (AvgIpc) is 1.67. The van der Waals surface area contributed by atoms with Crippen LogP contribution in [0.1, 0.15) is 0 Å². The number of thiazole rings is 2. The Morgan fingerprint density at radius 1 is 0.168 bits per heavy atom. The third-order valence-corrected chi connectivity index (χ3v) is 27.0. The van der Waals surface area contributed by atoms with Gasteiger partial charge in [-0.1, -0.05) is 164 Å². The van der Waals surface area contributed by atoms with Crippen molar-refractivity contribution >= 4 is 109 Å². The summed E-state index contributed by atoms with van der Waals surface area (Å²) in [4.78, 5) is 56.6. The first kappa shape index (κ1) is 82.2. The van der Waals surface area contributed by atoms with Gasteiger partial charge in [0.2, 0.25) is 5.89 Å². The van der Waals surface area contributed by atoms with Gasteiger partial charge in [-0.05, 0) is 302 Å². The molecule has 26 aromatic rings. The van der Waals surface area contributed by atoms with Crippen molar-refractivity contribution in [1.82, 2.24) is 59.8 Å². The van der Waals surface area contributed by atoms with Crippen LogP contribution in [-0.4, -0.2) is 59.8 Å². The van der Waals surface area contributed by atoms with Crippen LogP contribution in [0.4, 0.5) is 0 Å². The molecule has 26 rings (SSSR count). The summed E-state index contributed by atoms with van der Waals surface area (Å²) in [6.07, 6.45) is 24.6. The molecule has 15 heteroatoms. The number of nitrogens with zero attached hydrogens (tertiary/aromatic N) is 12. The molecular formula is C122H76N12OS2. The summed E-state index contributed by atoms with van der Waals surface area (Å²) in [7, 11) is 0. The van der Waals surface area contributed by atoms with E-state index in [1.165, 1.54) is 9.40 Å². The van der Waals surface area contributed by atoms with E-state index in [1.807, 2.05) is 159 Å². The van der Waals surface area contributed by atoms with Gasteiger partial charge < -0.3 is 4.42 Å². The highest BCUT2D eigenvalue weighted by Gasteiger charge is 2.22. The van der Waals surface area contributed by atoms with Crippen LogP contribution in [0.25, 0.3) is 252 Å². The van der Waals surface area contributed by atoms with Crippen LogP contribution in [-0.2, 0) is 0 Å². The molecule has 12 aromatic heterocycles. The largest absolute Gasteiger partial charge is 0.436 e. The number of para-hydroxylation sites is 9. The standard InChI is InChI=1S/C46H28N4S.C45H29N5O.C31H19N3S/c1-4-12-41-29(9-1)17-38(26-47-41)34-20-32(21-35(23-34)39-18-30-10-2-5-13-42(30)48-27-39)33-22-36(40-19-31-11-3-6-14-43(31)49-28-40)25-37(24-33)46-50-44-15-7-8-16-45(44)51-46;1-2-12-44-43(11-1)50-45(51-44)42-25-30(35-19-36(31-7-3-15-46-26-31)21-37(20-35)32-8-4-16-47-27-32)13-14-41(42)40-23-38(33-9-5-17-48-28-33)22-39(24-40)34-10-6-18-49-29-34;1-3-9-27-20(7-1)13-25(18-32-27)22-15-23(26-14-21-8-2-4-10-28(21)33-19-26)17-24(16-22)31-34-29-11-5-6-12-30(29)35-31/h1-28H;1-29H;1-19H. The Kier molecular flexibility index (Phi) is 21.8. The first-order chi connectivity index (χ1) is 67.7. The number of hydrogen-bond donors (Lipinski definition) is 0. The van der Waals surface area contributed by atoms with Crippen molar-refractivity contribution < 1.29 is 4.42 Å². The van der Waals surface area contributed by atoms with Crippen molar-refractivity contribution in [2.24, 2.45) is 0 Å². The van der Waals surface area contributed by atoms with Crippen molar-refractivity contribution in [1.29, 1.82) is 0 Å². The normalized spacial score (nSPS) is 11.4. The van der Waals surface area contributed by atoms with Crippen molar-refractivity contribution in [3.63, 3.8) is 0 Å². The minimum Gasteiger partial charge on any atom is -0.436 e. The summed E-state index contributed by atoms with van der Waals surface area (Å²) in [6, 6.07) is 133. The summed E-state index contributed by atoms with van der Waals surface area (Å²) < 4.78 is 8.83. The Hall–Kier alpha value is -18.0. The Labute approximate surface area is 796 Å². The van der Waals surface area contributed by atoms with Crippen molar-refractivity contribution in [3.05, 3.63) is 463 Å². The third-order valence-electron chi connectivity index (χ3n) is 24.9. The first-order valence-electron chi connectivity index (χ1n) is 45.1. The fraction of sp³-hybridized carbons (Fsp3) is 0.